The zero-order valence-corrected chi connectivity index (χ0v) is 7.73. The summed E-state index contributed by atoms with van der Waals surface area (Å²) in [5.41, 5.74) is 5.30. The summed E-state index contributed by atoms with van der Waals surface area (Å²) in [5, 5.41) is 0.603. The molecule has 1 heterocycles. The fourth-order valence-corrected chi connectivity index (χ4v) is 1.43. The van der Waals surface area contributed by atoms with Crippen LogP contribution in [0.15, 0.2) is 11.2 Å². The van der Waals surface area contributed by atoms with Crippen LogP contribution in [0, 0.1) is 5.82 Å². The number of rotatable bonds is 2. The van der Waals surface area contributed by atoms with Crippen molar-refractivity contribution >= 4 is 17.7 Å². The van der Waals surface area contributed by atoms with Crippen molar-refractivity contribution in [3.05, 3.63) is 12.0 Å². The van der Waals surface area contributed by atoms with E-state index in [1.807, 2.05) is 13.8 Å². The van der Waals surface area contributed by atoms with Gasteiger partial charge in [-0.05, 0) is 0 Å². The largest absolute Gasteiger partial charge is 0.368 e. The Hall–Kier alpha value is -0.840. The number of nitrogen functional groups attached to an aromatic ring is 1. The Morgan fingerprint density at radius 3 is 2.83 bits per heavy atom. The SMILES string of the molecule is CC(C)Sc1nc(N)ncc1F. The number of nitrogens with two attached hydrogens (primary N) is 1. The minimum atomic E-state index is -0.414. The van der Waals surface area contributed by atoms with Gasteiger partial charge in [0, 0.05) is 5.25 Å². The summed E-state index contributed by atoms with van der Waals surface area (Å²) in [5.74, 6) is -0.303. The standard InChI is InChI=1S/C7H10FN3S/c1-4(2)12-6-5(8)3-10-7(9)11-6/h3-4H,1-2H3,(H2,9,10,11). The number of thioether (sulfide) groups is 1. The summed E-state index contributed by atoms with van der Waals surface area (Å²) in [6, 6.07) is 0. The van der Waals surface area contributed by atoms with E-state index in [1.54, 1.807) is 0 Å². The van der Waals surface area contributed by atoms with Crippen molar-refractivity contribution in [2.45, 2.75) is 24.1 Å². The summed E-state index contributed by atoms with van der Waals surface area (Å²) in [7, 11) is 0. The summed E-state index contributed by atoms with van der Waals surface area (Å²) in [6.45, 7) is 3.92. The monoisotopic (exact) mass is 187 g/mol. The highest BCUT2D eigenvalue weighted by molar-refractivity contribution is 7.99. The third-order valence-electron chi connectivity index (χ3n) is 1.08. The Morgan fingerprint density at radius 1 is 1.58 bits per heavy atom. The fourth-order valence-electron chi connectivity index (χ4n) is 0.670. The predicted octanol–water partition coefficient (Wildman–Crippen LogP) is 1.70. The van der Waals surface area contributed by atoms with Gasteiger partial charge in [0.2, 0.25) is 5.95 Å². The van der Waals surface area contributed by atoms with E-state index in [0.717, 1.165) is 6.20 Å². The molecule has 0 bridgehead atoms. The molecule has 0 aliphatic heterocycles. The molecule has 0 unspecified atom stereocenters. The first-order chi connectivity index (χ1) is 5.59. The molecule has 1 aromatic rings. The molecule has 66 valence electrons. The Labute approximate surface area is 74.6 Å². The molecular formula is C7H10FN3S. The van der Waals surface area contributed by atoms with Gasteiger partial charge in [0.1, 0.15) is 5.03 Å². The first kappa shape index (κ1) is 9.25. The van der Waals surface area contributed by atoms with Crippen LogP contribution in [0.1, 0.15) is 13.8 Å². The lowest BCUT2D eigenvalue weighted by atomic mass is 10.6. The average Bonchev–Trinajstić information content (AvgIpc) is 1.96. The fraction of sp³-hybridized carbons (Fsp3) is 0.429. The normalized spacial score (nSPS) is 10.7. The van der Waals surface area contributed by atoms with Gasteiger partial charge < -0.3 is 5.73 Å². The molecule has 12 heavy (non-hydrogen) atoms. The van der Waals surface area contributed by atoms with Crippen molar-refractivity contribution in [2.75, 3.05) is 5.73 Å². The molecule has 1 rings (SSSR count). The number of aromatic nitrogens is 2. The molecule has 0 aliphatic rings. The van der Waals surface area contributed by atoms with Gasteiger partial charge in [0.15, 0.2) is 5.82 Å². The van der Waals surface area contributed by atoms with Crippen molar-refractivity contribution in [3.8, 4) is 0 Å². The Kier molecular flexibility index (Phi) is 2.86. The van der Waals surface area contributed by atoms with E-state index in [0.29, 0.717) is 5.03 Å². The highest BCUT2D eigenvalue weighted by Crippen LogP contribution is 2.23. The molecule has 0 radical (unpaired) electrons. The topological polar surface area (TPSA) is 51.8 Å². The van der Waals surface area contributed by atoms with Crippen LogP contribution in [0.2, 0.25) is 0 Å². The van der Waals surface area contributed by atoms with Crippen molar-refractivity contribution in [3.63, 3.8) is 0 Å². The van der Waals surface area contributed by atoms with Gasteiger partial charge in [-0.1, -0.05) is 13.8 Å². The van der Waals surface area contributed by atoms with Gasteiger partial charge in [-0.3, -0.25) is 0 Å². The Morgan fingerprint density at radius 2 is 2.25 bits per heavy atom. The third kappa shape index (κ3) is 2.34. The lowest BCUT2D eigenvalue weighted by Crippen LogP contribution is -1.99. The van der Waals surface area contributed by atoms with E-state index in [-0.39, 0.29) is 11.2 Å². The van der Waals surface area contributed by atoms with Gasteiger partial charge in [-0.15, -0.1) is 11.8 Å². The summed E-state index contributed by atoms with van der Waals surface area (Å²) < 4.78 is 12.9. The Balaban J connectivity index is 2.90. The molecule has 0 spiro atoms. The van der Waals surface area contributed by atoms with Crippen LogP contribution in [0.25, 0.3) is 0 Å². The zero-order chi connectivity index (χ0) is 9.14. The van der Waals surface area contributed by atoms with E-state index in [1.165, 1.54) is 11.8 Å². The minimum Gasteiger partial charge on any atom is -0.368 e. The number of hydrogen-bond acceptors (Lipinski definition) is 4. The second kappa shape index (κ2) is 3.71. The van der Waals surface area contributed by atoms with Crippen LogP contribution in [0.3, 0.4) is 0 Å². The third-order valence-corrected chi connectivity index (χ3v) is 2.06. The smallest absolute Gasteiger partial charge is 0.221 e. The highest BCUT2D eigenvalue weighted by Gasteiger charge is 2.07. The number of hydrogen-bond donors (Lipinski definition) is 1. The van der Waals surface area contributed by atoms with Crippen molar-refractivity contribution < 1.29 is 4.39 Å². The molecule has 0 saturated carbocycles. The molecule has 3 nitrogen and oxygen atoms in total. The van der Waals surface area contributed by atoms with Gasteiger partial charge >= 0.3 is 0 Å². The lowest BCUT2D eigenvalue weighted by molar-refractivity contribution is 0.580. The van der Waals surface area contributed by atoms with Crippen molar-refractivity contribution in [2.24, 2.45) is 0 Å². The van der Waals surface area contributed by atoms with Gasteiger partial charge in [-0.2, -0.15) is 0 Å². The highest BCUT2D eigenvalue weighted by atomic mass is 32.2. The first-order valence-corrected chi connectivity index (χ1v) is 4.42. The summed E-state index contributed by atoms with van der Waals surface area (Å²) in [6.07, 6.45) is 1.09. The quantitative estimate of drug-likeness (QED) is 0.565. The van der Waals surface area contributed by atoms with Crippen LogP contribution < -0.4 is 5.73 Å². The van der Waals surface area contributed by atoms with E-state index in [9.17, 15) is 4.39 Å². The number of anilines is 1. The first-order valence-electron chi connectivity index (χ1n) is 3.54. The summed E-state index contributed by atoms with van der Waals surface area (Å²) >= 11 is 1.33. The number of halogens is 1. The van der Waals surface area contributed by atoms with E-state index in [4.69, 9.17) is 5.73 Å². The lowest BCUT2D eigenvalue weighted by Gasteiger charge is -2.04. The minimum absolute atomic E-state index is 0.111. The van der Waals surface area contributed by atoms with Crippen molar-refractivity contribution in [1.82, 2.24) is 9.97 Å². The summed E-state index contributed by atoms with van der Waals surface area (Å²) in [4.78, 5) is 7.29. The maximum absolute atomic E-state index is 12.9. The molecule has 2 N–H and O–H groups in total. The average molecular weight is 187 g/mol. The van der Waals surface area contributed by atoms with Gasteiger partial charge in [0.25, 0.3) is 0 Å². The molecule has 0 atom stereocenters. The van der Waals surface area contributed by atoms with Crippen LogP contribution in [-0.2, 0) is 0 Å². The van der Waals surface area contributed by atoms with Crippen LogP contribution >= 0.6 is 11.8 Å². The van der Waals surface area contributed by atoms with Crippen LogP contribution in [0.4, 0.5) is 10.3 Å². The zero-order valence-electron chi connectivity index (χ0n) is 6.91. The maximum atomic E-state index is 12.9. The van der Waals surface area contributed by atoms with E-state index < -0.39 is 5.82 Å². The molecule has 1 aromatic heterocycles. The molecular weight excluding hydrogens is 177 g/mol. The van der Waals surface area contributed by atoms with Crippen LogP contribution in [-0.4, -0.2) is 15.2 Å². The maximum Gasteiger partial charge on any atom is 0.221 e. The van der Waals surface area contributed by atoms with E-state index in [2.05, 4.69) is 9.97 Å². The second-order valence-corrected chi connectivity index (χ2v) is 4.11. The molecule has 0 fully saturated rings. The van der Waals surface area contributed by atoms with Crippen molar-refractivity contribution in [1.29, 1.82) is 0 Å². The molecule has 0 aliphatic carbocycles. The predicted molar refractivity (Wildman–Crippen MR) is 47.4 cm³/mol. The second-order valence-electron chi connectivity index (χ2n) is 2.55. The molecule has 0 saturated heterocycles. The Bertz CT molecular complexity index is 277. The molecule has 0 amide bonds. The van der Waals surface area contributed by atoms with Crippen LogP contribution in [0.5, 0.6) is 0 Å². The van der Waals surface area contributed by atoms with Gasteiger partial charge in [-0.25, -0.2) is 14.4 Å². The molecule has 0 aromatic carbocycles. The molecule has 5 heteroatoms. The number of nitrogens with zero attached hydrogens (tertiary/aromatic N) is 2. The van der Waals surface area contributed by atoms with Gasteiger partial charge in [0.05, 0.1) is 6.20 Å². The van der Waals surface area contributed by atoms with E-state index >= 15 is 0 Å².